The zero-order valence-electron chi connectivity index (χ0n) is 16.8. The number of carbonyl (C=O) groups is 2. The number of primary amides is 1. The minimum atomic E-state index is -4.32. The average Bonchev–Trinajstić information content (AvgIpc) is 3.28. The summed E-state index contributed by atoms with van der Waals surface area (Å²) in [4.78, 5) is 34.5. The van der Waals surface area contributed by atoms with Crippen LogP contribution in [0.3, 0.4) is 0 Å². The Hall–Kier alpha value is -2.53. The molecule has 1 aliphatic heterocycles. The smallest absolute Gasteiger partial charge is 0.289 e. The SMILES string of the molecule is CC[C@@]1(C)[C@@H](C(=O)N[C@@H](CC(C)C)C(N)=O)N1S(=O)(=O)c1ccccc1[N+](=O)[O-]. The number of hydrogen-bond acceptors (Lipinski definition) is 6. The van der Waals surface area contributed by atoms with Crippen molar-refractivity contribution in [1.29, 1.82) is 0 Å². The van der Waals surface area contributed by atoms with Gasteiger partial charge in [0.1, 0.15) is 12.1 Å². The van der Waals surface area contributed by atoms with Crippen LogP contribution in [0.2, 0.25) is 0 Å². The summed E-state index contributed by atoms with van der Waals surface area (Å²) in [6, 6.07) is 2.97. The topological polar surface area (TPSA) is 152 Å². The Morgan fingerprint density at radius 3 is 2.41 bits per heavy atom. The van der Waals surface area contributed by atoms with Gasteiger partial charge in [-0.05, 0) is 31.7 Å². The molecule has 1 aromatic rings. The van der Waals surface area contributed by atoms with Gasteiger partial charge in [0.2, 0.25) is 11.8 Å². The van der Waals surface area contributed by atoms with Crippen molar-refractivity contribution < 1.29 is 22.9 Å². The maximum atomic E-state index is 13.2. The average molecular weight is 426 g/mol. The molecule has 10 nitrogen and oxygen atoms in total. The molecule has 0 aliphatic carbocycles. The summed E-state index contributed by atoms with van der Waals surface area (Å²) >= 11 is 0. The van der Waals surface area contributed by atoms with E-state index in [-0.39, 0.29) is 5.92 Å². The number of nitro benzene ring substituents is 1. The van der Waals surface area contributed by atoms with Gasteiger partial charge in [0, 0.05) is 6.07 Å². The molecule has 0 bridgehead atoms. The summed E-state index contributed by atoms with van der Waals surface area (Å²) in [6.07, 6.45) is 0.615. The first-order valence-electron chi connectivity index (χ1n) is 9.25. The molecule has 1 saturated heterocycles. The van der Waals surface area contributed by atoms with Crippen LogP contribution in [0.25, 0.3) is 0 Å². The summed E-state index contributed by atoms with van der Waals surface area (Å²) in [5, 5.41) is 13.8. The van der Waals surface area contributed by atoms with Gasteiger partial charge >= 0.3 is 0 Å². The van der Waals surface area contributed by atoms with Crippen LogP contribution in [-0.4, -0.2) is 47.1 Å². The molecule has 2 amide bonds. The predicted molar refractivity (Wildman–Crippen MR) is 105 cm³/mol. The number of sulfonamides is 1. The molecule has 11 heteroatoms. The van der Waals surface area contributed by atoms with Crippen LogP contribution in [0.1, 0.15) is 40.5 Å². The maximum absolute atomic E-state index is 13.2. The predicted octanol–water partition coefficient (Wildman–Crippen LogP) is 1.15. The third-order valence-electron chi connectivity index (χ3n) is 5.19. The Bertz CT molecular complexity index is 932. The van der Waals surface area contributed by atoms with Gasteiger partial charge in [0.25, 0.3) is 15.7 Å². The maximum Gasteiger partial charge on any atom is 0.289 e. The van der Waals surface area contributed by atoms with Crippen molar-refractivity contribution in [3.05, 3.63) is 34.4 Å². The van der Waals surface area contributed by atoms with E-state index in [1.165, 1.54) is 12.1 Å². The molecular weight excluding hydrogens is 400 g/mol. The minimum Gasteiger partial charge on any atom is -0.368 e. The molecule has 29 heavy (non-hydrogen) atoms. The van der Waals surface area contributed by atoms with Gasteiger partial charge < -0.3 is 11.1 Å². The van der Waals surface area contributed by atoms with E-state index < -0.39 is 55.0 Å². The van der Waals surface area contributed by atoms with Gasteiger partial charge in [-0.25, -0.2) is 8.42 Å². The quantitative estimate of drug-likeness (QED) is 0.343. The van der Waals surface area contributed by atoms with Crippen LogP contribution in [0, 0.1) is 16.0 Å². The van der Waals surface area contributed by atoms with Crippen molar-refractivity contribution >= 4 is 27.5 Å². The van der Waals surface area contributed by atoms with Crippen LogP contribution >= 0.6 is 0 Å². The van der Waals surface area contributed by atoms with E-state index >= 15 is 0 Å². The fourth-order valence-electron chi connectivity index (χ4n) is 3.45. The highest BCUT2D eigenvalue weighted by molar-refractivity contribution is 7.89. The van der Waals surface area contributed by atoms with Crippen molar-refractivity contribution in [3.63, 3.8) is 0 Å². The lowest BCUT2D eigenvalue weighted by Gasteiger charge is -2.17. The van der Waals surface area contributed by atoms with Gasteiger partial charge in [-0.1, -0.05) is 32.9 Å². The normalized spacial score (nSPS) is 24.7. The molecule has 1 heterocycles. The molecule has 4 atom stereocenters. The number of rotatable bonds is 9. The van der Waals surface area contributed by atoms with Gasteiger partial charge in [-0.3, -0.25) is 19.7 Å². The van der Waals surface area contributed by atoms with Crippen LogP contribution in [0.15, 0.2) is 29.2 Å². The van der Waals surface area contributed by atoms with E-state index in [1.807, 2.05) is 13.8 Å². The molecule has 1 aliphatic rings. The molecule has 0 radical (unpaired) electrons. The number of nitro groups is 1. The van der Waals surface area contributed by atoms with E-state index in [4.69, 9.17) is 5.73 Å². The number of nitrogens with one attached hydrogen (secondary N) is 1. The Morgan fingerprint density at radius 2 is 1.93 bits per heavy atom. The number of hydrogen-bond donors (Lipinski definition) is 2. The number of amides is 2. The summed E-state index contributed by atoms with van der Waals surface area (Å²) in [7, 11) is -4.32. The lowest BCUT2D eigenvalue weighted by Crippen LogP contribution is -2.47. The Morgan fingerprint density at radius 1 is 1.34 bits per heavy atom. The highest BCUT2D eigenvalue weighted by atomic mass is 32.2. The lowest BCUT2D eigenvalue weighted by atomic mass is 10.0. The second-order valence-electron chi connectivity index (χ2n) is 7.73. The molecule has 0 aromatic heterocycles. The summed E-state index contributed by atoms with van der Waals surface area (Å²) in [6.45, 7) is 7.03. The first-order valence-corrected chi connectivity index (χ1v) is 10.7. The molecule has 0 spiro atoms. The molecule has 1 unspecified atom stereocenters. The summed E-state index contributed by atoms with van der Waals surface area (Å²) in [5.41, 5.74) is 3.73. The Kier molecular flexibility index (Phi) is 6.33. The van der Waals surface area contributed by atoms with E-state index in [0.29, 0.717) is 12.8 Å². The Balaban J connectivity index is 2.38. The largest absolute Gasteiger partial charge is 0.368 e. The number of nitrogens with zero attached hydrogens (tertiary/aromatic N) is 2. The van der Waals surface area contributed by atoms with E-state index in [0.717, 1.165) is 16.4 Å². The summed E-state index contributed by atoms with van der Waals surface area (Å²) in [5.74, 6) is -1.28. The molecule has 2 rings (SSSR count). The minimum absolute atomic E-state index is 0.0800. The first kappa shape index (κ1) is 22.8. The monoisotopic (exact) mass is 426 g/mol. The first-order chi connectivity index (χ1) is 13.4. The van der Waals surface area contributed by atoms with Crippen molar-refractivity contribution in [2.24, 2.45) is 11.7 Å². The highest BCUT2D eigenvalue weighted by Gasteiger charge is 2.68. The van der Waals surface area contributed by atoms with Crippen LogP contribution in [0.5, 0.6) is 0 Å². The number of benzene rings is 1. The van der Waals surface area contributed by atoms with E-state index in [2.05, 4.69) is 5.32 Å². The molecule has 160 valence electrons. The number of carbonyl (C=O) groups excluding carboxylic acids is 2. The fraction of sp³-hybridized carbons (Fsp3) is 0.556. The zero-order chi connectivity index (χ0) is 22.1. The standard InChI is InChI=1S/C18H26N4O6S/c1-5-18(4)15(17(24)20-12(16(19)23)10-11(2)3)21(18)29(27,28)14-9-7-6-8-13(14)22(25)26/h6-9,11-12,15H,5,10H2,1-4H3,(H2,19,23)(H,20,24)/t12-,15+,18-,21?/m0/s1. The molecule has 1 fully saturated rings. The van der Waals surface area contributed by atoms with Gasteiger partial charge in [0.15, 0.2) is 4.90 Å². The third-order valence-corrected chi connectivity index (χ3v) is 7.24. The second-order valence-corrected chi connectivity index (χ2v) is 9.52. The lowest BCUT2D eigenvalue weighted by molar-refractivity contribution is -0.387. The van der Waals surface area contributed by atoms with Gasteiger partial charge in [-0.15, -0.1) is 0 Å². The number of nitrogens with two attached hydrogens (primary N) is 1. The molecular formula is C18H26N4O6S. The zero-order valence-corrected chi connectivity index (χ0v) is 17.6. The van der Waals surface area contributed by atoms with Crippen molar-refractivity contribution in [2.45, 2.75) is 63.1 Å². The van der Waals surface area contributed by atoms with Crippen molar-refractivity contribution in [1.82, 2.24) is 9.62 Å². The van der Waals surface area contributed by atoms with Crippen molar-refractivity contribution in [3.8, 4) is 0 Å². The summed E-state index contributed by atoms with van der Waals surface area (Å²) < 4.78 is 27.3. The fourth-order valence-corrected chi connectivity index (χ4v) is 5.65. The highest BCUT2D eigenvalue weighted by Crippen LogP contribution is 2.49. The van der Waals surface area contributed by atoms with E-state index in [1.54, 1.807) is 13.8 Å². The van der Waals surface area contributed by atoms with Crippen molar-refractivity contribution in [2.75, 3.05) is 0 Å². The molecule has 1 aromatic carbocycles. The molecule has 3 N–H and O–H groups in total. The molecule has 0 saturated carbocycles. The number of para-hydroxylation sites is 1. The van der Waals surface area contributed by atoms with E-state index in [9.17, 15) is 28.1 Å². The van der Waals surface area contributed by atoms with Crippen LogP contribution in [-0.2, 0) is 19.6 Å². The van der Waals surface area contributed by atoms with Gasteiger partial charge in [0.05, 0.1) is 10.5 Å². The second kappa shape index (κ2) is 8.07. The van der Waals surface area contributed by atoms with Crippen LogP contribution in [0.4, 0.5) is 5.69 Å². The third kappa shape index (κ3) is 4.25. The van der Waals surface area contributed by atoms with Crippen LogP contribution < -0.4 is 11.1 Å². The van der Waals surface area contributed by atoms with Gasteiger partial charge in [-0.2, -0.15) is 4.31 Å². The Labute approximate surface area is 169 Å².